The topological polar surface area (TPSA) is 32.9 Å². The van der Waals surface area contributed by atoms with Gasteiger partial charge in [-0.3, -0.25) is 4.79 Å². The highest BCUT2D eigenvalue weighted by Crippen LogP contribution is 2.26. The second-order valence-electron chi connectivity index (χ2n) is 4.20. The zero-order chi connectivity index (χ0) is 13.4. The molecule has 0 bridgehead atoms. The Morgan fingerprint density at radius 2 is 1.79 bits per heavy atom. The highest BCUT2D eigenvalue weighted by atomic mass is 35.5. The van der Waals surface area contributed by atoms with Gasteiger partial charge in [0, 0.05) is 33.2 Å². The van der Waals surface area contributed by atoms with Gasteiger partial charge in [0.05, 0.1) is 5.02 Å². The van der Waals surface area contributed by atoms with Crippen molar-refractivity contribution in [2.45, 2.75) is 0 Å². The van der Waals surface area contributed by atoms with E-state index in [1.807, 2.05) is 24.3 Å². The van der Waals surface area contributed by atoms with Crippen molar-refractivity contribution in [1.82, 2.24) is 4.98 Å². The molecular formula is C15H9Cl2NO. The molecule has 0 fully saturated rings. The van der Waals surface area contributed by atoms with E-state index in [1.54, 1.807) is 24.4 Å². The zero-order valence-corrected chi connectivity index (χ0v) is 11.3. The minimum absolute atomic E-state index is 0.112. The minimum Gasteiger partial charge on any atom is -0.360 e. The summed E-state index contributed by atoms with van der Waals surface area (Å²) in [5.41, 5.74) is 1.99. The molecule has 0 saturated carbocycles. The van der Waals surface area contributed by atoms with Crippen LogP contribution in [0.3, 0.4) is 0 Å². The quantitative estimate of drug-likeness (QED) is 0.681. The van der Waals surface area contributed by atoms with Gasteiger partial charge in [-0.2, -0.15) is 0 Å². The van der Waals surface area contributed by atoms with Crippen LogP contribution in [0.15, 0.2) is 48.7 Å². The van der Waals surface area contributed by atoms with Gasteiger partial charge >= 0.3 is 0 Å². The third-order valence-electron chi connectivity index (χ3n) is 3.01. The maximum absolute atomic E-state index is 12.5. The molecule has 1 N–H and O–H groups in total. The van der Waals surface area contributed by atoms with E-state index in [4.69, 9.17) is 23.2 Å². The predicted octanol–water partition coefficient (Wildman–Crippen LogP) is 4.71. The highest BCUT2D eigenvalue weighted by molar-refractivity contribution is 6.38. The van der Waals surface area contributed by atoms with Crippen LogP contribution in [0.25, 0.3) is 10.9 Å². The molecule has 3 rings (SSSR count). The first kappa shape index (κ1) is 12.3. The molecule has 1 aromatic heterocycles. The summed E-state index contributed by atoms with van der Waals surface area (Å²) in [6.07, 6.45) is 1.71. The van der Waals surface area contributed by atoms with Crippen LogP contribution in [-0.2, 0) is 0 Å². The Hall–Kier alpha value is -1.77. The van der Waals surface area contributed by atoms with Crippen LogP contribution in [0, 0.1) is 0 Å². The van der Waals surface area contributed by atoms with Crippen molar-refractivity contribution < 1.29 is 4.79 Å². The maximum Gasteiger partial charge on any atom is 0.196 e. The van der Waals surface area contributed by atoms with E-state index in [2.05, 4.69) is 4.98 Å². The second-order valence-corrected chi connectivity index (χ2v) is 5.04. The van der Waals surface area contributed by atoms with Gasteiger partial charge in [-0.25, -0.2) is 0 Å². The van der Waals surface area contributed by atoms with Crippen LogP contribution in [0.5, 0.6) is 0 Å². The molecule has 0 unspecified atom stereocenters. The summed E-state index contributed by atoms with van der Waals surface area (Å²) in [5.74, 6) is -0.112. The molecule has 0 aliphatic heterocycles. The molecule has 19 heavy (non-hydrogen) atoms. The molecule has 0 amide bonds. The predicted molar refractivity (Wildman–Crippen MR) is 78.2 cm³/mol. The lowest BCUT2D eigenvalue weighted by molar-refractivity contribution is 0.104. The number of halogens is 2. The largest absolute Gasteiger partial charge is 0.360 e. The van der Waals surface area contributed by atoms with Crippen LogP contribution < -0.4 is 0 Å². The number of para-hydroxylation sites is 1. The van der Waals surface area contributed by atoms with Gasteiger partial charge in [-0.1, -0.05) is 41.4 Å². The van der Waals surface area contributed by atoms with Crippen molar-refractivity contribution in [1.29, 1.82) is 0 Å². The maximum atomic E-state index is 12.5. The third kappa shape index (κ3) is 2.14. The average Bonchev–Trinajstić information content (AvgIpc) is 2.82. The van der Waals surface area contributed by atoms with Gasteiger partial charge in [0.15, 0.2) is 5.78 Å². The Morgan fingerprint density at radius 1 is 1.00 bits per heavy atom. The van der Waals surface area contributed by atoms with E-state index in [1.165, 1.54) is 0 Å². The van der Waals surface area contributed by atoms with E-state index in [-0.39, 0.29) is 5.78 Å². The Labute approximate surface area is 120 Å². The van der Waals surface area contributed by atoms with Crippen molar-refractivity contribution in [3.63, 3.8) is 0 Å². The number of carbonyl (C=O) groups is 1. The van der Waals surface area contributed by atoms with Crippen molar-refractivity contribution in [2.24, 2.45) is 0 Å². The number of hydrogen-bond acceptors (Lipinski definition) is 1. The number of nitrogens with one attached hydrogen (secondary N) is 1. The Bertz CT molecular complexity index is 777. The number of fused-ring (bicyclic) bond motifs is 1. The summed E-state index contributed by atoms with van der Waals surface area (Å²) in [7, 11) is 0. The number of aromatic nitrogens is 1. The fraction of sp³-hybridized carbons (Fsp3) is 0. The summed E-state index contributed by atoms with van der Waals surface area (Å²) in [6, 6.07) is 12.5. The van der Waals surface area contributed by atoms with E-state index in [9.17, 15) is 4.79 Å². The van der Waals surface area contributed by atoms with Crippen molar-refractivity contribution >= 4 is 39.9 Å². The van der Waals surface area contributed by atoms with E-state index in [0.717, 1.165) is 10.9 Å². The summed E-state index contributed by atoms with van der Waals surface area (Å²) in [4.78, 5) is 15.6. The number of aromatic amines is 1. The van der Waals surface area contributed by atoms with E-state index in [0.29, 0.717) is 21.2 Å². The molecule has 0 radical (unpaired) electrons. The molecule has 1 heterocycles. The standard InChI is InChI=1S/C15H9Cl2NO/c16-9-5-6-11(13(17)7-9)15(19)12-8-18-14-4-2-1-3-10(12)14/h1-8,18H. The van der Waals surface area contributed by atoms with Crippen LogP contribution in [0.4, 0.5) is 0 Å². The molecule has 2 aromatic carbocycles. The molecule has 0 aliphatic rings. The first-order valence-electron chi connectivity index (χ1n) is 5.72. The molecular weight excluding hydrogens is 281 g/mol. The third-order valence-corrected chi connectivity index (χ3v) is 3.56. The van der Waals surface area contributed by atoms with E-state index < -0.39 is 0 Å². The fourth-order valence-electron chi connectivity index (χ4n) is 2.08. The Morgan fingerprint density at radius 3 is 2.58 bits per heavy atom. The fourth-order valence-corrected chi connectivity index (χ4v) is 2.57. The number of ketones is 1. The number of benzene rings is 2. The van der Waals surface area contributed by atoms with Gasteiger partial charge < -0.3 is 4.98 Å². The number of rotatable bonds is 2. The summed E-state index contributed by atoms with van der Waals surface area (Å²) >= 11 is 11.9. The molecule has 0 atom stereocenters. The molecule has 4 heteroatoms. The SMILES string of the molecule is O=C(c1ccc(Cl)cc1Cl)c1c[nH]c2ccccc12. The molecule has 2 nitrogen and oxygen atoms in total. The van der Waals surface area contributed by atoms with Crippen molar-refractivity contribution in [2.75, 3.05) is 0 Å². The highest BCUT2D eigenvalue weighted by Gasteiger charge is 2.16. The van der Waals surface area contributed by atoms with Gasteiger partial charge in [0.2, 0.25) is 0 Å². The smallest absolute Gasteiger partial charge is 0.196 e. The first-order valence-corrected chi connectivity index (χ1v) is 6.48. The zero-order valence-electron chi connectivity index (χ0n) is 9.78. The number of H-pyrrole nitrogens is 1. The Balaban J connectivity index is 2.13. The Kier molecular flexibility index (Phi) is 3.05. The average molecular weight is 290 g/mol. The summed E-state index contributed by atoms with van der Waals surface area (Å²) < 4.78 is 0. The van der Waals surface area contributed by atoms with Gasteiger partial charge in [0.1, 0.15) is 0 Å². The number of carbonyl (C=O) groups excluding carboxylic acids is 1. The second kappa shape index (κ2) is 4.72. The van der Waals surface area contributed by atoms with Crippen LogP contribution in [0.2, 0.25) is 10.0 Å². The normalized spacial score (nSPS) is 10.8. The van der Waals surface area contributed by atoms with E-state index >= 15 is 0 Å². The summed E-state index contributed by atoms with van der Waals surface area (Å²) in [6.45, 7) is 0. The van der Waals surface area contributed by atoms with Crippen molar-refractivity contribution in [3.8, 4) is 0 Å². The minimum atomic E-state index is -0.112. The first-order chi connectivity index (χ1) is 9.16. The van der Waals surface area contributed by atoms with Crippen LogP contribution in [0.1, 0.15) is 15.9 Å². The lowest BCUT2D eigenvalue weighted by Gasteiger charge is -2.03. The lowest BCUT2D eigenvalue weighted by Crippen LogP contribution is -2.01. The summed E-state index contributed by atoms with van der Waals surface area (Å²) in [5, 5.41) is 1.77. The molecule has 3 aromatic rings. The molecule has 0 saturated heterocycles. The molecule has 0 aliphatic carbocycles. The monoisotopic (exact) mass is 289 g/mol. The van der Waals surface area contributed by atoms with Crippen molar-refractivity contribution in [3.05, 3.63) is 69.8 Å². The lowest BCUT2D eigenvalue weighted by atomic mass is 10.0. The molecule has 94 valence electrons. The van der Waals surface area contributed by atoms with Gasteiger partial charge in [-0.15, -0.1) is 0 Å². The van der Waals surface area contributed by atoms with Crippen LogP contribution in [-0.4, -0.2) is 10.8 Å². The number of hydrogen-bond donors (Lipinski definition) is 1. The van der Waals surface area contributed by atoms with Gasteiger partial charge in [-0.05, 0) is 24.3 Å². The molecule has 0 spiro atoms. The van der Waals surface area contributed by atoms with Gasteiger partial charge in [0.25, 0.3) is 0 Å². The van der Waals surface area contributed by atoms with Crippen LogP contribution >= 0.6 is 23.2 Å².